The van der Waals surface area contributed by atoms with Gasteiger partial charge in [-0.25, -0.2) is 0 Å². The van der Waals surface area contributed by atoms with Gasteiger partial charge in [0.15, 0.2) is 0 Å². The van der Waals surface area contributed by atoms with Crippen LogP contribution in [0.4, 0.5) is 5.69 Å². The minimum Gasteiger partial charge on any atom is -0.397 e. The van der Waals surface area contributed by atoms with E-state index in [0.29, 0.717) is 21.9 Å². The third-order valence-electron chi connectivity index (χ3n) is 5.81. The van der Waals surface area contributed by atoms with Crippen molar-refractivity contribution in [2.45, 2.75) is 38.0 Å². The molecule has 4 rings (SSSR count). The molecule has 152 valence electrons. The van der Waals surface area contributed by atoms with Gasteiger partial charge < -0.3 is 11.1 Å². The maximum Gasteiger partial charge on any atom is 0.263 e. The normalized spacial score (nSPS) is 17.1. The second-order valence-corrected chi connectivity index (χ2v) is 11.6. The van der Waals surface area contributed by atoms with E-state index < -0.39 is 9.52 Å². The Balaban J connectivity index is 1.50. The Hall–Kier alpha value is -2.45. The number of nitrogens with two attached hydrogens (primary N) is 1. The van der Waals surface area contributed by atoms with E-state index in [9.17, 15) is 9.00 Å². The summed E-state index contributed by atoms with van der Waals surface area (Å²) in [6.45, 7) is 4.20. The maximum atomic E-state index is 12.7. The number of fused-ring (bicyclic) bond motifs is 1. The Labute approximate surface area is 174 Å². The van der Waals surface area contributed by atoms with Crippen LogP contribution in [0.3, 0.4) is 0 Å². The molecule has 1 aliphatic carbocycles. The van der Waals surface area contributed by atoms with Crippen LogP contribution in [0.1, 0.15) is 44.9 Å². The predicted octanol–water partition coefficient (Wildman–Crippen LogP) is 3.16. The number of aromatic nitrogens is 2. The van der Waals surface area contributed by atoms with Gasteiger partial charge in [0, 0.05) is 18.2 Å². The fraction of sp³-hybridized carbons (Fsp3) is 0.333. The largest absolute Gasteiger partial charge is 0.397 e. The number of nitrogen functional groups attached to an aromatic ring is 1. The summed E-state index contributed by atoms with van der Waals surface area (Å²) in [5.41, 5.74) is 10.5. The minimum atomic E-state index is -2.14. The third-order valence-corrected chi connectivity index (χ3v) is 9.19. The average Bonchev–Trinajstić information content (AvgIpc) is 3.43. The summed E-state index contributed by atoms with van der Waals surface area (Å²) in [5.74, 6) is 3.66. The zero-order valence-electron chi connectivity index (χ0n) is 16.7. The van der Waals surface area contributed by atoms with Gasteiger partial charge in [0.1, 0.15) is 9.71 Å². The number of anilines is 1. The van der Waals surface area contributed by atoms with Gasteiger partial charge in [0.25, 0.3) is 5.91 Å². The molecule has 0 bridgehead atoms. The van der Waals surface area contributed by atoms with Crippen LogP contribution in [0.15, 0.2) is 24.3 Å². The van der Waals surface area contributed by atoms with E-state index in [1.165, 1.54) is 11.3 Å². The van der Waals surface area contributed by atoms with Gasteiger partial charge in [-0.05, 0) is 58.8 Å². The molecule has 2 heterocycles. The van der Waals surface area contributed by atoms with Crippen molar-refractivity contribution in [2.75, 3.05) is 12.0 Å². The molecule has 0 radical (unpaired) electrons. The van der Waals surface area contributed by atoms with Gasteiger partial charge >= 0.3 is 0 Å². The van der Waals surface area contributed by atoms with Crippen LogP contribution in [-0.4, -0.2) is 32.4 Å². The molecule has 1 aliphatic rings. The first-order valence-electron chi connectivity index (χ1n) is 9.35. The van der Waals surface area contributed by atoms with Crippen molar-refractivity contribution in [3.05, 3.63) is 51.5 Å². The van der Waals surface area contributed by atoms with Gasteiger partial charge in [0.05, 0.1) is 16.1 Å². The fourth-order valence-electron chi connectivity index (χ4n) is 3.68. The first kappa shape index (κ1) is 19.8. The highest BCUT2D eigenvalue weighted by Gasteiger charge is 2.49. The number of hydrogen-bond donors (Lipinski definition) is 2. The molecule has 2 aromatic heterocycles. The van der Waals surface area contributed by atoms with Crippen molar-refractivity contribution in [1.82, 2.24) is 15.5 Å². The molecule has 1 fully saturated rings. The number of benzene rings is 1. The molecule has 1 amide bonds. The number of amides is 1. The van der Waals surface area contributed by atoms with Crippen LogP contribution >= 0.6 is 11.3 Å². The molecule has 0 spiro atoms. The fourth-order valence-corrected chi connectivity index (χ4v) is 6.30. The van der Waals surface area contributed by atoms with Crippen LogP contribution in [0, 0.1) is 13.8 Å². The molecule has 1 atom stereocenters. The molecule has 1 aromatic carbocycles. The number of carbonyl (C=O) groups excluding carboxylic acids is 1. The second-order valence-electron chi connectivity index (χ2n) is 7.81. The lowest BCUT2D eigenvalue weighted by Crippen LogP contribution is -2.23. The van der Waals surface area contributed by atoms with E-state index >= 15 is 0 Å². The Morgan fingerprint density at radius 1 is 1.28 bits per heavy atom. The van der Waals surface area contributed by atoms with Crippen molar-refractivity contribution in [3.8, 4) is 0 Å². The first-order chi connectivity index (χ1) is 13.6. The third kappa shape index (κ3) is 3.30. The first-order valence-corrected chi connectivity index (χ1v) is 12.3. The summed E-state index contributed by atoms with van der Waals surface area (Å²) >= 11 is 1.26. The van der Waals surface area contributed by atoms with Crippen LogP contribution in [-0.2, 0) is 20.8 Å². The van der Waals surface area contributed by atoms with Gasteiger partial charge in [-0.3, -0.25) is 9.00 Å². The molecule has 8 heteroatoms. The van der Waals surface area contributed by atoms with E-state index in [1.807, 2.05) is 38.1 Å². The summed E-state index contributed by atoms with van der Waals surface area (Å²) in [6.07, 6.45) is 3.56. The molecule has 0 saturated heterocycles. The van der Waals surface area contributed by atoms with Crippen molar-refractivity contribution < 1.29 is 9.00 Å². The highest BCUT2D eigenvalue weighted by molar-refractivity contribution is 8.00. The molecule has 3 aromatic rings. The topological polar surface area (TPSA) is 98.0 Å². The second kappa shape index (κ2) is 6.81. The summed E-state index contributed by atoms with van der Waals surface area (Å²) in [4.78, 5) is 13.8. The number of thiophene rings is 1. The smallest absolute Gasteiger partial charge is 0.263 e. The van der Waals surface area contributed by atoms with E-state index in [-0.39, 0.29) is 10.7 Å². The molecule has 3 N–H and O–H groups in total. The Morgan fingerprint density at radius 2 is 1.93 bits per heavy atom. The van der Waals surface area contributed by atoms with E-state index in [1.54, 1.807) is 6.26 Å². The lowest BCUT2D eigenvalue weighted by atomic mass is 10.1. The Kier molecular flexibility index (Phi) is 4.66. The number of aryl methyl sites for hydroxylation is 2. The molecule has 0 aliphatic heterocycles. The van der Waals surface area contributed by atoms with E-state index in [0.717, 1.165) is 40.6 Å². The van der Waals surface area contributed by atoms with Crippen molar-refractivity contribution in [3.63, 3.8) is 0 Å². The highest BCUT2D eigenvalue weighted by Crippen LogP contribution is 2.52. The number of carbonyl (C=O) groups is 1. The number of rotatable bonds is 5. The maximum absolute atomic E-state index is 12.7. The number of nitrogens with zero attached hydrogens (tertiary/aromatic N) is 2. The number of hydrogen-bond acceptors (Lipinski definition) is 6. The number of nitrogens with one attached hydrogen (secondary N) is 1. The van der Waals surface area contributed by atoms with Gasteiger partial charge in [0.2, 0.25) is 0 Å². The average molecular weight is 429 g/mol. The van der Waals surface area contributed by atoms with Crippen LogP contribution < -0.4 is 11.1 Å². The van der Waals surface area contributed by atoms with E-state index in [4.69, 9.17) is 5.73 Å². The zero-order chi connectivity index (χ0) is 21.0. The van der Waals surface area contributed by atoms with Gasteiger partial charge in [-0.15, -0.1) is 16.4 Å². The summed E-state index contributed by atoms with van der Waals surface area (Å²) in [5, 5.41) is 12.0. The Morgan fingerprint density at radius 3 is 2.52 bits per heavy atom. The van der Waals surface area contributed by atoms with E-state index in [2.05, 4.69) is 21.4 Å². The van der Waals surface area contributed by atoms with Crippen molar-refractivity contribution in [2.24, 2.45) is 0 Å². The SMILES string of the molecule is C=S(C)(=O)C1(c2ccc(CNC(=O)c3sc4nnc(C)c(C)c4c3N)cc2)CC1. The Bertz CT molecular complexity index is 1220. The molecule has 1 saturated carbocycles. The quantitative estimate of drug-likeness (QED) is 0.608. The lowest BCUT2D eigenvalue weighted by molar-refractivity contribution is 0.0956. The predicted molar refractivity (Wildman–Crippen MR) is 121 cm³/mol. The van der Waals surface area contributed by atoms with Crippen molar-refractivity contribution in [1.29, 1.82) is 0 Å². The highest BCUT2D eigenvalue weighted by atomic mass is 32.2. The minimum absolute atomic E-state index is 0.223. The summed E-state index contributed by atoms with van der Waals surface area (Å²) in [6, 6.07) is 7.93. The molecular formula is C21H24N4O2S2. The standard InChI is InChI=1S/C21H24N4O2S2/c1-12-13(2)24-25-20-16(12)17(22)18(28-20)19(26)23-11-14-5-7-15(8-6-14)21(9-10-21)29(3,4)27/h5-8H,3,9-11,22H2,1-2,4H3,(H,23,26). The summed E-state index contributed by atoms with van der Waals surface area (Å²) < 4.78 is 12.2. The lowest BCUT2D eigenvalue weighted by Gasteiger charge is -2.18. The van der Waals surface area contributed by atoms with Gasteiger partial charge in [-0.2, -0.15) is 5.10 Å². The van der Waals surface area contributed by atoms with Gasteiger partial charge in [-0.1, -0.05) is 24.3 Å². The van der Waals surface area contributed by atoms with Crippen LogP contribution in [0.5, 0.6) is 0 Å². The molecule has 6 nitrogen and oxygen atoms in total. The summed E-state index contributed by atoms with van der Waals surface area (Å²) in [7, 11) is -2.14. The van der Waals surface area contributed by atoms with Crippen molar-refractivity contribution >= 4 is 48.5 Å². The van der Waals surface area contributed by atoms with Crippen LogP contribution in [0.2, 0.25) is 0 Å². The van der Waals surface area contributed by atoms with Crippen LogP contribution in [0.25, 0.3) is 10.2 Å². The molecular weight excluding hydrogens is 404 g/mol. The monoisotopic (exact) mass is 428 g/mol. The molecule has 29 heavy (non-hydrogen) atoms. The molecule has 1 unspecified atom stereocenters. The zero-order valence-corrected chi connectivity index (χ0v) is 18.4.